The summed E-state index contributed by atoms with van der Waals surface area (Å²) in [5, 5.41) is 29.5. The van der Waals surface area contributed by atoms with Crippen LogP contribution in [0.2, 0.25) is 0 Å². The summed E-state index contributed by atoms with van der Waals surface area (Å²) in [6, 6.07) is 0.897. The average Bonchev–Trinajstić information content (AvgIpc) is 3.39. The Bertz CT molecular complexity index is 1130. The van der Waals surface area contributed by atoms with Gasteiger partial charge in [-0.2, -0.15) is 0 Å². The van der Waals surface area contributed by atoms with E-state index in [4.69, 9.17) is 0 Å². The van der Waals surface area contributed by atoms with E-state index in [0.717, 1.165) is 21.6 Å². The number of hydrogen-bond donors (Lipinski definition) is 6. The lowest BCUT2D eigenvalue weighted by molar-refractivity contribution is -0.144. The van der Waals surface area contributed by atoms with Gasteiger partial charge in [0.05, 0.1) is 0 Å². The van der Waals surface area contributed by atoms with Gasteiger partial charge < -0.3 is 36.4 Å². The van der Waals surface area contributed by atoms with E-state index >= 15 is 0 Å². The highest BCUT2D eigenvalue weighted by Gasteiger charge is 2.38. The van der Waals surface area contributed by atoms with Crippen LogP contribution in [-0.4, -0.2) is 98.9 Å². The van der Waals surface area contributed by atoms with Crippen LogP contribution in [0.15, 0.2) is 24.3 Å². The number of carboxylic acids is 1. The minimum atomic E-state index is -1.23. The fourth-order valence-electron chi connectivity index (χ4n) is 4.38. The molecule has 13 nitrogen and oxygen atoms in total. The SMILES string of the molecule is CC(=O)N[C@@H](Cc1ccc(O)cc1)C(=O)N[C@H]1CSSC[C@@H](C(=O)O)NC(=O)[C@@H]2CCCN2C(=O)[C@H](C)NC1=O. The molecule has 0 aliphatic carbocycles. The number of phenols is 1. The minimum absolute atomic E-state index is 0.0134. The van der Waals surface area contributed by atoms with Crippen LogP contribution >= 0.6 is 21.6 Å². The molecular formula is C25H33N5O8S2. The molecule has 2 fully saturated rings. The molecule has 2 heterocycles. The molecule has 6 N–H and O–H groups in total. The molecule has 0 saturated carbocycles. The number of carbonyl (C=O) groups is 6. The number of nitrogens with zero attached hydrogens (tertiary/aromatic N) is 1. The maximum atomic E-state index is 13.2. The number of rotatable bonds is 6. The first-order chi connectivity index (χ1) is 19.0. The molecule has 5 atom stereocenters. The summed E-state index contributed by atoms with van der Waals surface area (Å²) in [5.74, 6) is -3.96. The molecular weight excluding hydrogens is 562 g/mol. The molecule has 218 valence electrons. The van der Waals surface area contributed by atoms with E-state index in [9.17, 15) is 39.0 Å². The number of aromatic hydroxyl groups is 1. The number of phenolic OH excluding ortho intramolecular Hbond substituents is 1. The van der Waals surface area contributed by atoms with Gasteiger partial charge in [0.15, 0.2) is 0 Å². The molecule has 1 aromatic carbocycles. The smallest absolute Gasteiger partial charge is 0.327 e. The zero-order valence-electron chi connectivity index (χ0n) is 22.0. The molecule has 0 unspecified atom stereocenters. The van der Waals surface area contributed by atoms with Crippen LogP contribution in [0.5, 0.6) is 5.75 Å². The van der Waals surface area contributed by atoms with Crippen LogP contribution in [0.25, 0.3) is 0 Å². The van der Waals surface area contributed by atoms with E-state index in [1.165, 1.54) is 30.9 Å². The third kappa shape index (κ3) is 8.52. The van der Waals surface area contributed by atoms with Gasteiger partial charge in [-0.15, -0.1) is 0 Å². The summed E-state index contributed by atoms with van der Waals surface area (Å²) in [5.41, 5.74) is 0.660. The lowest BCUT2D eigenvalue weighted by Crippen LogP contribution is -2.59. The second kappa shape index (κ2) is 14.3. The molecule has 3 rings (SSSR count). The Kier molecular flexibility index (Phi) is 11.1. The largest absolute Gasteiger partial charge is 0.508 e. The number of aliphatic carboxylic acids is 1. The fraction of sp³-hybridized carbons (Fsp3) is 0.520. The number of nitrogens with one attached hydrogen (secondary N) is 4. The normalized spacial score (nSPS) is 25.1. The van der Waals surface area contributed by atoms with Crippen molar-refractivity contribution >= 4 is 57.1 Å². The molecule has 0 spiro atoms. The van der Waals surface area contributed by atoms with Crippen LogP contribution in [0.1, 0.15) is 32.3 Å². The lowest BCUT2D eigenvalue weighted by atomic mass is 10.0. The highest BCUT2D eigenvalue weighted by Crippen LogP contribution is 2.25. The van der Waals surface area contributed by atoms with Crippen molar-refractivity contribution in [1.29, 1.82) is 0 Å². The molecule has 1 aromatic rings. The molecule has 15 heteroatoms. The summed E-state index contributed by atoms with van der Waals surface area (Å²) in [4.78, 5) is 77.3. The highest BCUT2D eigenvalue weighted by molar-refractivity contribution is 8.76. The lowest BCUT2D eigenvalue weighted by Gasteiger charge is -2.29. The topological polar surface area (TPSA) is 194 Å². The summed E-state index contributed by atoms with van der Waals surface area (Å²) < 4.78 is 0. The second-order valence-electron chi connectivity index (χ2n) is 9.57. The summed E-state index contributed by atoms with van der Waals surface area (Å²) in [7, 11) is 2.24. The Morgan fingerprint density at radius 2 is 1.75 bits per heavy atom. The number of carboxylic acid groups (broad SMARTS) is 1. The van der Waals surface area contributed by atoms with Crippen molar-refractivity contribution in [2.24, 2.45) is 0 Å². The molecule has 5 amide bonds. The third-order valence-electron chi connectivity index (χ3n) is 6.44. The number of amides is 5. The average molecular weight is 596 g/mol. The Hall–Kier alpha value is -3.46. The van der Waals surface area contributed by atoms with Gasteiger partial charge in [0, 0.05) is 31.4 Å². The van der Waals surface area contributed by atoms with E-state index in [1.54, 1.807) is 12.1 Å². The van der Waals surface area contributed by atoms with Gasteiger partial charge >= 0.3 is 5.97 Å². The van der Waals surface area contributed by atoms with Gasteiger partial charge in [-0.05, 0) is 37.5 Å². The van der Waals surface area contributed by atoms with Gasteiger partial charge in [-0.25, -0.2) is 4.79 Å². The predicted octanol–water partition coefficient (Wildman–Crippen LogP) is -0.616. The van der Waals surface area contributed by atoms with Crippen molar-refractivity contribution in [1.82, 2.24) is 26.2 Å². The Labute approximate surface area is 239 Å². The Morgan fingerprint density at radius 3 is 2.40 bits per heavy atom. The molecule has 2 saturated heterocycles. The van der Waals surface area contributed by atoms with Crippen molar-refractivity contribution < 1.29 is 39.0 Å². The fourth-order valence-corrected chi connectivity index (χ4v) is 6.70. The van der Waals surface area contributed by atoms with Crippen LogP contribution in [0, 0.1) is 0 Å². The molecule has 2 aliphatic heterocycles. The maximum Gasteiger partial charge on any atom is 0.327 e. The maximum absolute atomic E-state index is 13.2. The first-order valence-corrected chi connectivity index (χ1v) is 15.2. The summed E-state index contributed by atoms with van der Waals surface area (Å²) >= 11 is 0. The quantitative estimate of drug-likeness (QED) is 0.231. The minimum Gasteiger partial charge on any atom is -0.508 e. The highest BCUT2D eigenvalue weighted by atomic mass is 33.1. The summed E-state index contributed by atoms with van der Waals surface area (Å²) in [6.07, 6.45) is 1.01. The first kappa shape index (κ1) is 31.1. The molecule has 0 radical (unpaired) electrons. The van der Waals surface area contributed by atoms with Gasteiger partial charge in [0.25, 0.3) is 0 Å². The van der Waals surface area contributed by atoms with Crippen LogP contribution < -0.4 is 21.3 Å². The van der Waals surface area contributed by atoms with E-state index < -0.39 is 65.7 Å². The van der Waals surface area contributed by atoms with Crippen molar-refractivity contribution in [3.05, 3.63) is 29.8 Å². The number of benzene rings is 1. The number of carbonyl (C=O) groups excluding carboxylic acids is 5. The van der Waals surface area contributed by atoms with Crippen LogP contribution in [0.3, 0.4) is 0 Å². The van der Waals surface area contributed by atoms with Gasteiger partial charge in [-0.1, -0.05) is 33.7 Å². The van der Waals surface area contributed by atoms with Crippen molar-refractivity contribution in [2.75, 3.05) is 18.1 Å². The summed E-state index contributed by atoms with van der Waals surface area (Å²) in [6.45, 7) is 3.02. The first-order valence-electron chi connectivity index (χ1n) is 12.7. The second-order valence-corrected chi connectivity index (χ2v) is 12.1. The van der Waals surface area contributed by atoms with Crippen LogP contribution in [0.4, 0.5) is 0 Å². The van der Waals surface area contributed by atoms with Crippen molar-refractivity contribution in [3.63, 3.8) is 0 Å². The Morgan fingerprint density at radius 1 is 1.07 bits per heavy atom. The van der Waals surface area contributed by atoms with E-state index in [2.05, 4.69) is 21.3 Å². The predicted molar refractivity (Wildman–Crippen MR) is 148 cm³/mol. The molecule has 0 aromatic heterocycles. The van der Waals surface area contributed by atoms with Gasteiger partial charge in [0.2, 0.25) is 29.5 Å². The zero-order valence-corrected chi connectivity index (χ0v) is 23.7. The van der Waals surface area contributed by atoms with Gasteiger partial charge in [0.1, 0.15) is 36.0 Å². The number of fused-ring (bicyclic) bond motifs is 1. The van der Waals surface area contributed by atoms with Crippen LogP contribution in [-0.2, 0) is 35.2 Å². The molecule has 40 heavy (non-hydrogen) atoms. The van der Waals surface area contributed by atoms with Crippen molar-refractivity contribution in [3.8, 4) is 5.75 Å². The number of hydrogen-bond acceptors (Lipinski definition) is 9. The molecule has 2 aliphatic rings. The van der Waals surface area contributed by atoms with Gasteiger partial charge in [-0.3, -0.25) is 24.0 Å². The monoisotopic (exact) mass is 595 g/mol. The van der Waals surface area contributed by atoms with E-state index in [0.29, 0.717) is 18.4 Å². The Balaban J connectivity index is 1.79. The molecule has 0 bridgehead atoms. The standard InChI is InChI=1S/C25H33N5O8S2/c1-13-24(36)30-9-3-4-20(30)23(35)29-19(25(37)38)12-40-39-11-18(22(34)26-13)28-21(33)17(27-14(2)31)10-15-5-7-16(32)8-6-15/h5-8,13,17-20,32H,3-4,9-12H2,1-2H3,(H,26,34)(H,27,31)(H,28,33)(H,29,35)(H,37,38)/t13-,17-,18-,19-,20-/m0/s1. The van der Waals surface area contributed by atoms with Crippen molar-refractivity contribution in [2.45, 2.75) is 63.3 Å². The zero-order chi connectivity index (χ0) is 29.4. The van der Waals surface area contributed by atoms with E-state index in [1.807, 2.05) is 0 Å². The third-order valence-corrected chi connectivity index (χ3v) is 8.86. The van der Waals surface area contributed by atoms with E-state index in [-0.39, 0.29) is 30.2 Å².